The van der Waals surface area contributed by atoms with Crippen molar-refractivity contribution in [3.05, 3.63) is 66.5 Å². The highest BCUT2D eigenvalue weighted by Crippen LogP contribution is 2.23. The molecule has 0 aliphatic heterocycles. The van der Waals surface area contributed by atoms with Crippen LogP contribution in [0.1, 0.15) is 31.7 Å². The highest BCUT2D eigenvalue weighted by atomic mass is 32.2. The summed E-state index contributed by atoms with van der Waals surface area (Å²) < 4.78 is 42.9. The molecule has 136 valence electrons. The number of nitrogens with zero attached hydrogens (tertiary/aromatic N) is 3. The van der Waals surface area contributed by atoms with Crippen LogP contribution in [0, 0.1) is 5.82 Å². The fourth-order valence-electron chi connectivity index (χ4n) is 2.51. The smallest absolute Gasteiger partial charge is 0.261 e. The Morgan fingerprint density at radius 1 is 1.19 bits per heavy atom. The topological polar surface area (TPSA) is 76.9 Å². The van der Waals surface area contributed by atoms with Crippen LogP contribution in [-0.2, 0) is 10.0 Å². The lowest BCUT2D eigenvalue weighted by Gasteiger charge is -2.12. The molecule has 2 aromatic carbocycles. The average Bonchev–Trinajstić information content (AvgIpc) is 3.15. The van der Waals surface area contributed by atoms with E-state index < -0.39 is 15.8 Å². The molecule has 6 nitrogen and oxygen atoms in total. The zero-order chi connectivity index (χ0) is 18.7. The average molecular weight is 374 g/mol. The summed E-state index contributed by atoms with van der Waals surface area (Å²) in [5, 5.41) is 3.86. The highest BCUT2D eigenvalue weighted by Gasteiger charge is 2.16. The van der Waals surface area contributed by atoms with Crippen LogP contribution < -0.4 is 4.72 Å². The van der Waals surface area contributed by atoms with Crippen molar-refractivity contribution in [2.45, 2.75) is 31.1 Å². The first-order chi connectivity index (χ1) is 12.4. The van der Waals surface area contributed by atoms with Gasteiger partial charge in [-0.1, -0.05) is 26.0 Å². The molecule has 0 saturated carbocycles. The molecule has 0 bridgehead atoms. The second-order valence-electron chi connectivity index (χ2n) is 5.99. The molecule has 0 unspecified atom stereocenters. The van der Waals surface area contributed by atoms with Gasteiger partial charge in [-0.15, -0.1) is 0 Å². The third kappa shape index (κ3) is 3.75. The molecule has 0 aliphatic carbocycles. The third-order valence-electron chi connectivity index (χ3n) is 4.24. The second-order valence-corrected chi connectivity index (χ2v) is 7.67. The van der Waals surface area contributed by atoms with Crippen LogP contribution in [0.5, 0.6) is 0 Å². The number of hydrogen-bond acceptors (Lipinski definition) is 4. The quantitative estimate of drug-likeness (QED) is 0.713. The van der Waals surface area contributed by atoms with Crippen molar-refractivity contribution in [2.24, 2.45) is 0 Å². The molecular weight excluding hydrogens is 355 g/mol. The lowest BCUT2D eigenvalue weighted by atomic mass is 9.99. The van der Waals surface area contributed by atoms with Crippen molar-refractivity contribution in [1.29, 1.82) is 0 Å². The molecule has 1 aromatic heterocycles. The Hall–Kier alpha value is -2.74. The van der Waals surface area contributed by atoms with Crippen LogP contribution in [0.2, 0.25) is 0 Å². The zero-order valence-electron chi connectivity index (χ0n) is 14.4. The molecule has 3 rings (SSSR count). The Labute approximate surface area is 151 Å². The molecule has 0 saturated heterocycles. The number of rotatable bonds is 6. The van der Waals surface area contributed by atoms with Crippen molar-refractivity contribution in [3.8, 4) is 5.69 Å². The molecule has 8 heteroatoms. The van der Waals surface area contributed by atoms with Crippen LogP contribution >= 0.6 is 0 Å². The number of halogens is 1. The van der Waals surface area contributed by atoms with Gasteiger partial charge in [-0.25, -0.2) is 22.5 Å². The molecule has 0 aliphatic rings. The molecule has 3 aromatic rings. The molecule has 1 heterocycles. The predicted molar refractivity (Wildman–Crippen MR) is 97.3 cm³/mol. The van der Waals surface area contributed by atoms with Crippen molar-refractivity contribution in [1.82, 2.24) is 14.8 Å². The van der Waals surface area contributed by atoms with Gasteiger partial charge in [0, 0.05) is 6.07 Å². The first-order valence-corrected chi connectivity index (χ1v) is 9.66. The van der Waals surface area contributed by atoms with Crippen LogP contribution in [0.15, 0.2) is 60.0 Å². The minimum Gasteiger partial charge on any atom is -0.280 e. The lowest BCUT2D eigenvalue weighted by molar-refractivity contribution is 0.600. The zero-order valence-corrected chi connectivity index (χ0v) is 15.2. The van der Waals surface area contributed by atoms with Gasteiger partial charge >= 0.3 is 0 Å². The largest absolute Gasteiger partial charge is 0.280 e. The molecule has 26 heavy (non-hydrogen) atoms. The van der Waals surface area contributed by atoms with Crippen molar-refractivity contribution >= 4 is 15.7 Å². The van der Waals surface area contributed by atoms with E-state index >= 15 is 0 Å². The van der Waals surface area contributed by atoms with Gasteiger partial charge in [-0.05, 0) is 42.2 Å². The minimum absolute atomic E-state index is 0.130. The lowest BCUT2D eigenvalue weighted by Crippen LogP contribution is -2.13. The van der Waals surface area contributed by atoms with E-state index in [1.165, 1.54) is 29.5 Å². The van der Waals surface area contributed by atoms with Crippen molar-refractivity contribution < 1.29 is 12.8 Å². The molecule has 0 radical (unpaired) electrons. The van der Waals surface area contributed by atoms with Crippen LogP contribution in [0.3, 0.4) is 0 Å². The first kappa shape index (κ1) is 18.1. The Morgan fingerprint density at radius 2 is 1.92 bits per heavy atom. The summed E-state index contributed by atoms with van der Waals surface area (Å²) in [7, 11) is -3.80. The Balaban J connectivity index is 1.82. The van der Waals surface area contributed by atoms with E-state index in [0.29, 0.717) is 5.92 Å². The number of nitrogens with one attached hydrogen (secondary N) is 1. The molecular formula is C18H19FN4O2S. The van der Waals surface area contributed by atoms with Gasteiger partial charge in [0.25, 0.3) is 10.0 Å². The summed E-state index contributed by atoms with van der Waals surface area (Å²) >= 11 is 0. The molecule has 0 fully saturated rings. The third-order valence-corrected chi connectivity index (χ3v) is 5.63. The molecule has 1 atom stereocenters. The summed E-state index contributed by atoms with van der Waals surface area (Å²) in [5.74, 6) is -0.249. The van der Waals surface area contributed by atoms with Crippen molar-refractivity contribution in [3.63, 3.8) is 0 Å². The maximum absolute atomic E-state index is 14.2. The Kier molecular flexibility index (Phi) is 5.03. The maximum atomic E-state index is 14.2. The van der Waals surface area contributed by atoms with Gasteiger partial charge in [0.1, 0.15) is 18.3 Å². The number of sulfonamides is 1. The summed E-state index contributed by atoms with van der Waals surface area (Å²) in [6, 6.07) is 10.8. The molecule has 1 N–H and O–H groups in total. The predicted octanol–water partition coefficient (Wildman–Crippen LogP) is 3.72. The summed E-state index contributed by atoms with van der Waals surface area (Å²) in [6.07, 6.45) is 3.63. The van der Waals surface area contributed by atoms with Gasteiger partial charge in [0.2, 0.25) is 0 Å². The normalized spacial score (nSPS) is 12.7. The SMILES string of the molecule is CC[C@H](C)c1ccc(S(=O)(=O)Nc2ccc(-n3cncn3)c(F)c2)cc1. The summed E-state index contributed by atoms with van der Waals surface area (Å²) in [6.45, 7) is 4.16. The summed E-state index contributed by atoms with van der Waals surface area (Å²) in [5.41, 5.74) is 1.40. The second kappa shape index (κ2) is 7.25. The Bertz CT molecular complexity index is 987. The van der Waals surface area contributed by atoms with E-state index in [0.717, 1.165) is 18.1 Å². The summed E-state index contributed by atoms with van der Waals surface area (Å²) in [4.78, 5) is 3.89. The highest BCUT2D eigenvalue weighted by molar-refractivity contribution is 7.92. The number of hydrogen-bond donors (Lipinski definition) is 1. The number of aromatic nitrogens is 3. The Morgan fingerprint density at radius 3 is 2.50 bits per heavy atom. The van der Waals surface area contributed by atoms with E-state index in [-0.39, 0.29) is 16.3 Å². The van der Waals surface area contributed by atoms with E-state index in [1.54, 1.807) is 24.3 Å². The molecule has 0 spiro atoms. The number of benzene rings is 2. The monoisotopic (exact) mass is 374 g/mol. The van der Waals surface area contributed by atoms with Crippen LogP contribution in [0.25, 0.3) is 5.69 Å². The number of anilines is 1. The van der Waals surface area contributed by atoms with Gasteiger partial charge in [0.05, 0.1) is 10.6 Å². The molecule has 0 amide bonds. The van der Waals surface area contributed by atoms with Crippen LogP contribution in [0.4, 0.5) is 10.1 Å². The maximum Gasteiger partial charge on any atom is 0.261 e. The van der Waals surface area contributed by atoms with Gasteiger partial charge in [0.15, 0.2) is 5.82 Å². The van der Waals surface area contributed by atoms with E-state index in [1.807, 2.05) is 0 Å². The first-order valence-electron chi connectivity index (χ1n) is 8.18. The van der Waals surface area contributed by atoms with E-state index in [2.05, 4.69) is 28.7 Å². The van der Waals surface area contributed by atoms with Crippen LogP contribution in [-0.4, -0.2) is 23.2 Å². The van der Waals surface area contributed by atoms with E-state index in [4.69, 9.17) is 0 Å². The van der Waals surface area contributed by atoms with Crippen molar-refractivity contribution in [2.75, 3.05) is 4.72 Å². The minimum atomic E-state index is -3.80. The standard InChI is InChI=1S/C18H19FN4O2S/c1-3-13(2)14-4-7-16(8-5-14)26(24,25)22-15-6-9-18(17(19)10-15)23-12-20-11-21-23/h4-13,22H,3H2,1-2H3/t13-/m0/s1. The fraction of sp³-hybridized carbons (Fsp3) is 0.222. The van der Waals surface area contributed by atoms with Gasteiger partial charge < -0.3 is 0 Å². The fourth-order valence-corrected chi connectivity index (χ4v) is 3.56. The van der Waals surface area contributed by atoms with Gasteiger partial charge in [-0.3, -0.25) is 4.72 Å². The van der Waals surface area contributed by atoms with Gasteiger partial charge in [-0.2, -0.15) is 5.10 Å². The van der Waals surface area contributed by atoms with E-state index in [9.17, 15) is 12.8 Å².